The highest BCUT2D eigenvalue weighted by atomic mass is 16.3. The van der Waals surface area contributed by atoms with E-state index in [0.717, 1.165) is 10.9 Å². The molecule has 4 N–H and O–H groups in total. The molecular weight excluding hydrogens is 306 g/mol. The molecule has 124 valence electrons. The van der Waals surface area contributed by atoms with Crippen molar-refractivity contribution >= 4 is 28.2 Å². The van der Waals surface area contributed by atoms with Gasteiger partial charge in [-0.15, -0.1) is 0 Å². The van der Waals surface area contributed by atoms with Gasteiger partial charge in [0, 0.05) is 18.4 Å². The number of aliphatic hydroxyl groups excluding tert-OH is 1. The van der Waals surface area contributed by atoms with Gasteiger partial charge in [-0.25, -0.2) is 9.97 Å². The van der Waals surface area contributed by atoms with Gasteiger partial charge in [-0.2, -0.15) is 0 Å². The largest absolute Gasteiger partial charge is 0.392 e. The number of aromatic nitrogens is 3. The van der Waals surface area contributed by atoms with Gasteiger partial charge in [-0.3, -0.25) is 4.79 Å². The third kappa shape index (κ3) is 3.36. The molecule has 3 rings (SSSR count). The quantitative estimate of drug-likeness (QED) is 0.574. The summed E-state index contributed by atoms with van der Waals surface area (Å²) in [6.07, 6.45) is 3.23. The molecule has 3 aromatic rings. The van der Waals surface area contributed by atoms with Crippen molar-refractivity contribution < 1.29 is 5.11 Å². The maximum atomic E-state index is 12.1. The first kappa shape index (κ1) is 15.9. The topological polar surface area (TPSA) is 103 Å². The van der Waals surface area contributed by atoms with E-state index < -0.39 is 0 Å². The van der Waals surface area contributed by atoms with E-state index >= 15 is 0 Å². The molecule has 7 nitrogen and oxygen atoms in total. The van der Waals surface area contributed by atoms with Crippen LogP contribution in [-0.4, -0.2) is 26.1 Å². The van der Waals surface area contributed by atoms with E-state index in [1.165, 1.54) is 0 Å². The molecular formula is C17H19N5O2. The molecule has 0 saturated carbocycles. The second-order valence-corrected chi connectivity index (χ2v) is 5.76. The lowest BCUT2D eigenvalue weighted by Gasteiger charge is -2.14. The molecule has 0 radical (unpaired) electrons. The van der Waals surface area contributed by atoms with Crippen LogP contribution in [0.15, 0.2) is 41.5 Å². The lowest BCUT2D eigenvalue weighted by atomic mass is 10.2. The number of hydrogen-bond acceptors (Lipinski definition) is 6. The SMILES string of the molecule is CC(C)Nc1nc(Nc2cc(CO)ccn2)cc2cc[nH]c(=O)c12. The van der Waals surface area contributed by atoms with Gasteiger partial charge >= 0.3 is 0 Å². The van der Waals surface area contributed by atoms with Gasteiger partial charge in [0.1, 0.15) is 17.5 Å². The molecule has 24 heavy (non-hydrogen) atoms. The Kier molecular flexibility index (Phi) is 4.43. The number of anilines is 3. The summed E-state index contributed by atoms with van der Waals surface area (Å²) in [4.78, 5) is 23.5. The van der Waals surface area contributed by atoms with Gasteiger partial charge in [0.05, 0.1) is 12.0 Å². The molecule has 0 spiro atoms. The molecule has 0 unspecified atom stereocenters. The van der Waals surface area contributed by atoms with Gasteiger partial charge in [-0.05, 0) is 49.1 Å². The maximum Gasteiger partial charge on any atom is 0.259 e. The summed E-state index contributed by atoms with van der Waals surface area (Å²) < 4.78 is 0. The predicted octanol–water partition coefficient (Wildman–Crippen LogP) is 2.37. The van der Waals surface area contributed by atoms with E-state index in [4.69, 9.17) is 0 Å². The Balaban J connectivity index is 2.06. The van der Waals surface area contributed by atoms with Crippen LogP contribution in [-0.2, 0) is 6.61 Å². The van der Waals surface area contributed by atoms with Crippen molar-refractivity contribution in [2.75, 3.05) is 10.6 Å². The summed E-state index contributed by atoms with van der Waals surface area (Å²) in [5, 5.41) is 16.8. The van der Waals surface area contributed by atoms with Crippen LogP contribution in [0.3, 0.4) is 0 Å². The average Bonchev–Trinajstić information content (AvgIpc) is 2.54. The van der Waals surface area contributed by atoms with Crippen LogP contribution in [0.2, 0.25) is 0 Å². The van der Waals surface area contributed by atoms with Gasteiger partial charge in [-0.1, -0.05) is 0 Å². The van der Waals surface area contributed by atoms with Gasteiger partial charge in [0.25, 0.3) is 5.56 Å². The van der Waals surface area contributed by atoms with Crippen LogP contribution in [0, 0.1) is 0 Å². The number of pyridine rings is 3. The van der Waals surface area contributed by atoms with E-state index in [0.29, 0.717) is 22.8 Å². The van der Waals surface area contributed by atoms with Crippen molar-refractivity contribution in [2.24, 2.45) is 0 Å². The van der Waals surface area contributed by atoms with Gasteiger partial charge in [0.2, 0.25) is 0 Å². The van der Waals surface area contributed by atoms with Crippen molar-refractivity contribution in [1.82, 2.24) is 15.0 Å². The van der Waals surface area contributed by atoms with E-state index in [1.807, 2.05) is 19.9 Å². The minimum absolute atomic E-state index is 0.0577. The van der Waals surface area contributed by atoms with Crippen LogP contribution in [0.4, 0.5) is 17.5 Å². The summed E-state index contributed by atoms with van der Waals surface area (Å²) in [5.41, 5.74) is 0.570. The highest BCUT2D eigenvalue weighted by Gasteiger charge is 2.11. The Bertz CT molecular complexity index is 920. The Hall–Kier alpha value is -2.93. The average molecular weight is 325 g/mol. The minimum atomic E-state index is -0.185. The lowest BCUT2D eigenvalue weighted by Crippen LogP contribution is -2.16. The summed E-state index contributed by atoms with van der Waals surface area (Å²) in [5.74, 6) is 1.66. The molecule has 0 aliphatic heterocycles. The normalized spacial score (nSPS) is 11.0. The highest BCUT2D eigenvalue weighted by molar-refractivity contribution is 5.93. The van der Waals surface area contributed by atoms with Crippen LogP contribution in [0.5, 0.6) is 0 Å². The molecule has 0 amide bonds. The van der Waals surface area contributed by atoms with E-state index in [-0.39, 0.29) is 18.2 Å². The molecule has 7 heteroatoms. The van der Waals surface area contributed by atoms with Crippen LogP contribution in [0.25, 0.3) is 10.8 Å². The fraction of sp³-hybridized carbons (Fsp3) is 0.235. The maximum absolute atomic E-state index is 12.1. The zero-order chi connectivity index (χ0) is 17.1. The first-order valence-corrected chi connectivity index (χ1v) is 7.68. The monoisotopic (exact) mass is 325 g/mol. The highest BCUT2D eigenvalue weighted by Crippen LogP contribution is 2.24. The summed E-state index contributed by atoms with van der Waals surface area (Å²) in [7, 11) is 0. The second-order valence-electron chi connectivity index (χ2n) is 5.76. The van der Waals surface area contributed by atoms with Crippen molar-refractivity contribution in [3.63, 3.8) is 0 Å². The number of fused-ring (bicyclic) bond motifs is 1. The number of nitrogens with one attached hydrogen (secondary N) is 3. The van der Waals surface area contributed by atoms with Crippen molar-refractivity contribution in [3.05, 3.63) is 52.6 Å². The second kappa shape index (κ2) is 6.67. The van der Waals surface area contributed by atoms with Crippen molar-refractivity contribution in [3.8, 4) is 0 Å². The number of hydrogen-bond donors (Lipinski definition) is 4. The van der Waals surface area contributed by atoms with E-state index in [2.05, 4.69) is 25.6 Å². The fourth-order valence-electron chi connectivity index (χ4n) is 2.43. The van der Waals surface area contributed by atoms with Crippen LogP contribution < -0.4 is 16.2 Å². The third-order valence-corrected chi connectivity index (χ3v) is 3.44. The Morgan fingerprint density at radius 1 is 1.25 bits per heavy atom. The Morgan fingerprint density at radius 3 is 2.83 bits per heavy atom. The molecule has 0 aliphatic carbocycles. The van der Waals surface area contributed by atoms with E-state index in [9.17, 15) is 9.90 Å². The fourth-order valence-corrected chi connectivity index (χ4v) is 2.43. The minimum Gasteiger partial charge on any atom is -0.392 e. The van der Waals surface area contributed by atoms with E-state index in [1.54, 1.807) is 30.6 Å². The zero-order valence-corrected chi connectivity index (χ0v) is 13.5. The van der Waals surface area contributed by atoms with Crippen molar-refractivity contribution in [2.45, 2.75) is 26.5 Å². The molecule has 3 heterocycles. The molecule has 0 fully saturated rings. The smallest absolute Gasteiger partial charge is 0.259 e. The molecule has 0 aromatic carbocycles. The molecule has 3 aromatic heterocycles. The predicted molar refractivity (Wildman–Crippen MR) is 94.6 cm³/mol. The summed E-state index contributed by atoms with van der Waals surface area (Å²) in [6.45, 7) is 3.91. The molecule has 0 saturated heterocycles. The zero-order valence-electron chi connectivity index (χ0n) is 13.5. The number of rotatable bonds is 5. The Labute approximate surface area is 138 Å². The third-order valence-electron chi connectivity index (χ3n) is 3.44. The Morgan fingerprint density at radius 2 is 2.08 bits per heavy atom. The standard InChI is InChI=1S/C17H19N5O2/c1-10(2)20-16-15-12(4-6-19-17(15)24)8-14(22-16)21-13-7-11(9-23)3-5-18-13/h3-8,10,23H,9H2,1-2H3,(H,19,24)(H2,18,20,21,22). The number of nitrogens with zero attached hydrogens (tertiary/aromatic N) is 2. The molecule has 0 atom stereocenters. The lowest BCUT2D eigenvalue weighted by molar-refractivity contribution is 0.282. The number of aliphatic hydroxyl groups is 1. The van der Waals surface area contributed by atoms with Crippen LogP contribution in [0.1, 0.15) is 19.4 Å². The molecule has 0 aliphatic rings. The summed E-state index contributed by atoms with van der Waals surface area (Å²) >= 11 is 0. The van der Waals surface area contributed by atoms with Gasteiger partial charge < -0.3 is 20.7 Å². The summed E-state index contributed by atoms with van der Waals surface area (Å²) in [6, 6.07) is 7.24. The number of aromatic amines is 1. The van der Waals surface area contributed by atoms with Crippen LogP contribution >= 0.6 is 0 Å². The van der Waals surface area contributed by atoms with Crippen molar-refractivity contribution in [1.29, 1.82) is 0 Å². The first-order valence-electron chi connectivity index (χ1n) is 7.68. The number of H-pyrrole nitrogens is 1. The molecule has 0 bridgehead atoms. The first-order chi connectivity index (χ1) is 11.6. The van der Waals surface area contributed by atoms with Gasteiger partial charge in [0.15, 0.2) is 0 Å².